The number of amides is 2. The first-order valence-electron chi connectivity index (χ1n) is 10.7. The predicted molar refractivity (Wildman–Crippen MR) is 114 cm³/mol. The lowest BCUT2D eigenvalue weighted by Gasteiger charge is -2.43. The number of methoxy groups -OCH3 is 1. The van der Waals surface area contributed by atoms with E-state index in [0.717, 1.165) is 5.56 Å². The van der Waals surface area contributed by atoms with Gasteiger partial charge in [0.1, 0.15) is 5.75 Å². The number of carbonyl (C=O) groups excluding carboxylic acids is 2. The second kappa shape index (κ2) is 8.79. The third-order valence-electron chi connectivity index (χ3n) is 6.57. The summed E-state index contributed by atoms with van der Waals surface area (Å²) in [5.41, 5.74) is -1.16. The van der Waals surface area contributed by atoms with Gasteiger partial charge in [-0.2, -0.15) is 13.2 Å². The molecule has 2 aliphatic heterocycles. The Morgan fingerprint density at radius 3 is 2.03 bits per heavy atom. The molecule has 2 aromatic carbocycles. The standard InChI is InChI=1S/C24H25F3N2O4/c1-33-18-8-6-16(7-9-18)14-17(28-12-10-23(32,11-13-28)24(25,26)27)15-29-21(30)19-4-2-3-5-20(19)22(29)31/h2-9,17,32H,10-15H2,1H3. The Bertz CT molecular complexity index is 996. The molecule has 2 aromatic rings. The number of rotatable bonds is 6. The van der Waals surface area contributed by atoms with Crippen molar-refractivity contribution in [2.24, 2.45) is 0 Å². The molecule has 0 spiro atoms. The maximum atomic E-state index is 13.3. The van der Waals surface area contributed by atoms with Gasteiger partial charge in [-0.25, -0.2) is 0 Å². The molecule has 9 heteroatoms. The molecule has 0 saturated carbocycles. The van der Waals surface area contributed by atoms with Crippen LogP contribution in [0.5, 0.6) is 5.75 Å². The normalized spacial score (nSPS) is 19.5. The summed E-state index contributed by atoms with van der Waals surface area (Å²) in [7, 11) is 1.55. The van der Waals surface area contributed by atoms with E-state index in [1.54, 1.807) is 43.5 Å². The van der Waals surface area contributed by atoms with Gasteiger partial charge in [-0.1, -0.05) is 24.3 Å². The average molecular weight is 462 g/mol. The maximum Gasteiger partial charge on any atom is 0.417 e. The summed E-state index contributed by atoms with van der Waals surface area (Å²) < 4.78 is 45.0. The van der Waals surface area contributed by atoms with Crippen molar-refractivity contribution in [2.75, 3.05) is 26.7 Å². The highest BCUT2D eigenvalue weighted by Crippen LogP contribution is 2.39. The monoisotopic (exact) mass is 462 g/mol. The number of halogens is 3. The highest BCUT2D eigenvalue weighted by molar-refractivity contribution is 6.21. The highest BCUT2D eigenvalue weighted by atomic mass is 19.4. The van der Waals surface area contributed by atoms with Crippen LogP contribution in [-0.4, -0.2) is 71.3 Å². The van der Waals surface area contributed by atoms with Crippen molar-refractivity contribution < 1.29 is 32.6 Å². The number of benzene rings is 2. The topological polar surface area (TPSA) is 70.1 Å². The number of piperidine rings is 1. The smallest absolute Gasteiger partial charge is 0.417 e. The van der Waals surface area contributed by atoms with Crippen molar-refractivity contribution in [2.45, 2.75) is 37.1 Å². The molecule has 0 aliphatic carbocycles. The number of alkyl halides is 3. The molecule has 1 N–H and O–H groups in total. The van der Waals surface area contributed by atoms with Gasteiger partial charge in [-0.05, 0) is 49.1 Å². The lowest BCUT2D eigenvalue weighted by Crippen LogP contribution is -2.57. The maximum absolute atomic E-state index is 13.3. The number of nitrogens with zero attached hydrogens (tertiary/aromatic N) is 2. The number of fused-ring (bicyclic) bond motifs is 1. The zero-order chi connectivity index (χ0) is 23.8. The summed E-state index contributed by atoms with van der Waals surface area (Å²) in [5, 5.41) is 10.1. The summed E-state index contributed by atoms with van der Waals surface area (Å²) in [6.07, 6.45) is -5.20. The van der Waals surface area contributed by atoms with Crippen LogP contribution in [0, 0.1) is 0 Å². The highest BCUT2D eigenvalue weighted by Gasteiger charge is 2.55. The Balaban J connectivity index is 1.56. The van der Waals surface area contributed by atoms with E-state index in [-0.39, 0.29) is 19.6 Å². The number of carbonyl (C=O) groups is 2. The number of likely N-dealkylation sites (tertiary alicyclic amines) is 1. The molecule has 2 amide bonds. The largest absolute Gasteiger partial charge is 0.497 e. The zero-order valence-electron chi connectivity index (χ0n) is 18.1. The van der Waals surface area contributed by atoms with Crippen molar-refractivity contribution in [3.63, 3.8) is 0 Å². The summed E-state index contributed by atoms with van der Waals surface area (Å²) in [6.45, 7) is 0.0445. The number of ether oxygens (including phenoxy) is 1. The lowest BCUT2D eigenvalue weighted by molar-refractivity contribution is -0.273. The van der Waals surface area contributed by atoms with Gasteiger partial charge in [0.15, 0.2) is 5.60 Å². The molecule has 4 rings (SSSR count). The van der Waals surface area contributed by atoms with E-state index >= 15 is 0 Å². The van der Waals surface area contributed by atoms with Crippen molar-refractivity contribution in [3.05, 3.63) is 65.2 Å². The predicted octanol–water partition coefficient (Wildman–Crippen LogP) is 3.29. The van der Waals surface area contributed by atoms with Crippen LogP contribution in [-0.2, 0) is 6.42 Å². The summed E-state index contributed by atoms with van der Waals surface area (Å²) in [5.74, 6) is -0.137. The molecular weight excluding hydrogens is 437 g/mol. The van der Waals surface area contributed by atoms with Crippen LogP contribution in [0.25, 0.3) is 0 Å². The Morgan fingerprint density at radius 2 is 1.55 bits per heavy atom. The fraction of sp³-hybridized carbons (Fsp3) is 0.417. The zero-order valence-corrected chi connectivity index (χ0v) is 18.1. The van der Waals surface area contributed by atoms with Gasteiger partial charge >= 0.3 is 6.18 Å². The van der Waals surface area contributed by atoms with Crippen LogP contribution in [0.1, 0.15) is 39.1 Å². The van der Waals surface area contributed by atoms with E-state index in [2.05, 4.69) is 0 Å². The van der Waals surface area contributed by atoms with Crippen LogP contribution in [0.4, 0.5) is 13.2 Å². The van der Waals surface area contributed by atoms with Crippen molar-refractivity contribution in [1.82, 2.24) is 9.80 Å². The lowest BCUT2D eigenvalue weighted by atomic mass is 9.89. The molecule has 1 saturated heterocycles. The molecule has 0 radical (unpaired) electrons. The molecule has 1 atom stereocenters. The Kier molecular flexibility index (Phi) is 6.20. The van der Waals surface area contributed by atoms with Gasteiger partial charge in [0.05, 0.1) is 18.2 Å². The number of imide groups is 1. The van der Waals surface area contributed by atoms with E-state index in [1.807, 2.05) is 17.0 Å². The fourth-order valence-electron chi connectivity index (χ4n) is 4.50. The number of aliphatic hydroxyl groups is 1. The summed E-state index contributed by atoms with van der Waals surface area (Å²) >= 11 is 0. The first-order chi connectivity index (χ1) is 15.6. The SMILES string of the molecule is COc1ccc(CC(CN2C(=O)c3ccccc3C2=O)N2CCC(O)(C(F)(F)F)CC2)cc1. The van der Waals surface area contributed by atoms with Gasteiger partial charge in [0, 0.05) is 25.7 Å². The summed E-state index contributed by atoms with van der Waals surface area (Å²) in [6, 6.07) is 13.4. The molecule has 2 heterocycles. The fourth-order valence-corrected chi connectivity index (χ4v) is 4.50. The molecule has 1 unspecified atom stereocenters. The van der Waals surface area contributed by atoms with Crippen LogP contribution in [0.15, 0.2) is 48.5 Å². The van der Waals surface area contributed by atoms with E-state index in [4.69, 9.17) is 4.74 Å². The minimum Gasteiger partial charge on any atom is -0.497 e. The minimum atomic E-state index is -4.70. The van der Waals surface area contributed by atoms with Crippen LogP contribution in [0.2, 0.25) is 0 Å². The van der Waals surface area contributed by atoms with E-state index in [1.165, 1.54) is 4.90 Å². The van der Waals surface area contributed by atoms with E-state index in [0.29, 0.717) is 23.3 Å². The first kappa shape index (κ1) is 23.3. The van der Waals surface area contributed by atoms with Crippen molar-refractivity contribution in [1.29, 1.82) is 0 Å². The van der Waals surface area contributed by atoms with Crippen LogP contribution < -0.4 is 4.74 Å². The molecule has 1 fully saturated rings. The molecule has 0 bridgehead atoms. The molecule has 6 nitrogen and oxygen atoms in total. The third kappa shape index (κ3) is 4.47. The van der Waals surface area contributed by atoms with Crippen molar-refractivity contribution in [3.8, 4) is 5.75 Å². The van der Waals surface area contributed by atoms with Gasteiger partial charge in [0.25, 0.3) is 11.8 Å². The summed E-state index contributed by atoms with van der Waals surface area (Å²) in [4.78, 5) is 28.8. The minimum absolute atomic E-state index is 0.000000709. The molecule has 0 aromatic heterocycles. The Labute approximate surface area is 189 Å². The number of hydrogen-bond donors (Lipinski definition) is 1. The van der Waals surface area contributed by atoms with Gasteiger partial charge < -0.3 is 9.84 Å². The second-order valence-corrected chi connectivity index (χ2v) is 8.54. The molecule has 176 valence electrons. The quantitative estimate of drug-likeness (QED) is 0.668. The first-order valence-corrected chi connectivity index (χ1v) is 10.7. The number of hydrogen-bond acceptors (Lipinski definition) is 5. The van der Waals surface area contributed by atoms with Crippen molar-refractivity contribution >= 4 is 11.8 Å². The third-order valence-corrected chi connectivity index (χ3v) is 6.57. The van der Waals surface area contributed by atoms with Gasteiger partial charge in [-0.3, -0.25) is 19.4 Å². The molecule has 2 aliphatic rings. The van der Waals surface area contributed by atoms with Crippen LogP contribution in [0.3, 0.4) is 0 Å². The van der Waals surface area contributed by atoms with Gasteiger partial charge in [0.2, 0.25) is 0 Å². The Hall–Kier alpha value is -2.91. The van der Waals surface area contributed by atoms with Gasteiger partial charge in [-0.15, -0.1) is 0 Å². The van der Waals surface area contributed by atoms with Crippen LogP contribution >= 0.6 is 0 Å². The molecule has 33 heavy (non-hydrogen) atoms. The average Bonchev–Trinajstić information content (AvgIpc) is 3.04. The molecular formula is C24H25F3N2O4. The van der Waals surface area contributed by atoms with E-state index < -0.39 is 42.5 Å². The second-order valence-electron chi connectivity index (χ2n) is 8.54. The Morgan fingerprint density at radius 1 is 1.00 bits per heavy atom. The van der Waals surface area contributed by atoms with E-state index in [9.17, 15) is 27.9 Å².